The summed E-state index contributed by atoms with van der Waals surface area (Å²) in [6, 6.07) is 0. The van der Waals surface area contributed by atoms with E-state index in [-0.39, 0.29) is 0 Å². The molecule has 22 heteroatoms. The number of rotatable bonds is 47. The Labute approximate surface area is 545 Å². The highest BCUT2D eigenvalue weighted by Gasteiger charge is 2.52. The first-order valence-electron chi connectivity index (χ1n) is 34.9. The average molecular weight is 1370 g/mol. The van der Waals surface area contributed by atoms with Crippen LogP contribution in [-0.2, 0) is 0 Å². The van der Waals surface area contributed by atoms with Gasteiger partial charge in [0, 0.05) is 0 Å². The van der Waals surface area contributed by atoms with E-state index in [1.165, 1.54) is 264 Å². The number of hydrogen-bond acceptors (Lipinski definition) is 0. The topological polar surface area (TPSA) is 4.44 Å². The lowest BCUT2D eigenvalue weighted by atomic mass is 9.12. The Kier molecular flexibility index (Phi) is 38.9. The fraction of sp³-hybridized carbons (Fsp3) is 0.667. The number of unbranched alkanes of at least 4 members (excludes halogenated alkanes) is 29. The molecule has 536 valence electrons. The van der Waals surface area contributed by atoms with Crippen LogP contribution in [0.25, 0.3) is 0 Å². The molecular formula is C72H100BF20N. The van der Waals surface area contributed by atoms with Crippen LogP contribution < -0.4 is 26.8 Å². The van der Waals surface area contributed by atoms with Gasteiger partial charge in [-0.15, -0.1) is 21.9 Å². The third-order valence-corrected chi connectivity index (χ3v) is 18.9. The number of hydrogen-bond donors (Lipinski definition) is 1. The van der Waals surface area contributed by atoms with Gasteiger partial charge in [-0.05, 0) is 69.6 Å². The largest absolute Gasteiger partial charge is 0.335 e. The molecule has 0 atom stereocenters. The molecule has 0 aliphatic carbocycles. The number of halogens is 20. The molecule has 0 saturated carbocycles. The van der Waals surface area contributed by atoms with Crippen molar-refractivity contribution in [3.63, 3.8) is 0 Å². The molecule has 0 heterocycles. The van der Waals surface area contributed by atoms with E-state index in [4.69, 9.17) is 0 Å². The van der Waals surface area contributed by atoms with Gasteiger partial charge in [0.2, 0.25) is 0 Å². The van der Waals surface area contributed by atoms with E-state index in [9.17, 15) is 52.7 Å². The molecule has 0 amide bonds. The zero-order valence-electron chi connectivity index (χ0n) is 55.8. The SMILES string of the molecule is CCCCCCCC[NH+](CCCCCCCC)CCCCCCCC(CCCCCCCC)(CCCCCCCC)CCCCCCCC.Fc1c(F)c(F)c([B-](c2c(F)c(F)c(F)c(F)c2F)(c2c(F)c(F)c(F)c(F)c2F)c2c(F)c(F)c(F)c(F)c2F)c(F)c1F. The second kappa shape index (κ2) is 43.7. The predicted molar refractivity (Wildman–Crippen MR) is 336 cm³/mol. The second-order valence-corrected chi connectivity index (χ2v) is 25.9. The van der Waals surface area contributed by atoms with E-state index in [1.54, 1.807) is 6.42 Å². The smallest absolute Gasteiger partial charge is 0.200 e. The molecule has 0 bridgehead atoms. The third-order valence-electron chi connectivity index (χ3n) is 18.9. The number of benzene rings is 4. The van der Waals surface area contributed by atoms with Crippen molar-refractivity contribution in [1.82, 2.24) is 0 Å². The van der Waals surface area contributed by atoms with Gasteiger partial charge in [0.15, 0.2) is 69.8 Å². The maximum atomic E-state index is 15.4. The Morgan fingerprint density at radius 2 is 0.330 bits per heavy atom. The van der Waals surface area contributed by atoms with Crippen molar-refractivity contribution < 1.29 is 92.7 Å². The first-order valence-corrected chi connectivity index (χ1v) is 34.9. The standard InChI is InChI=1S/C48H99N.C24BF20/c1-6-11-16-21-27-34-41-48(42-35-28-22-17-12-7-2,43-36-29-23-18-13-8-3)44-37-30-26-33-40-47-49(45-38-31-24-19-14-9-4)46-39-32-25-20-15-10-5;26-5-1(6(27)14(35)21(42)13(5)34)25(2-7(28)15(36)22(43)16(37)8(2)29,3-9(30)17(38)23(44)18(39)10(3)31)4-11(32)19(40)24(45)20(41)12(4)33/h6-47H2,1-5H3;/q;-1/p+1. The molecule has 0 aliphatic heterocycles. The van der Waals surface area contributed by atoms with Crippen LogP contribution in [0.1, 0.15) is 285 Å². The molecule has 4 rings (SSSR count). The lowest BCUT2D eigenvalue weighted by Crippen LogP contribution is -3.12. The Balaban J connectivity index is 0.000000491. The molecule has 0 unspecified atom stereocenters. The lowest BCUT2D eigenvalue weighted by molar-refractivity contribution is -0.900. The van der Waals surface area contributed by atoms with Crippen LogP contribution >= 0.6 is 0 Å². The van der Waals surface area contributed by atoms with E-state index < -0.39 is 144 Å². The van der Waals surface area contributed by atoms with Gasteiger partial charge < -0.3 is 4.90 Å². The summed E-state index contributed by atoms with van der Waals surface area (Å²) in [6.45, 7) is 16.1. The van der Waals surface area contributed by atoms with Gasteiger partial charge in [0.1, 0.15) is 52.7 Å². The highest BCUT2D eigenvalue weighted by Crippen LogP contribution is 2.43. The molecule has 0 saturated heterocycles. The quantitative estimate of drug-likeness (QED) is 0.0148. The van der Waals surface area contributed by atoms with Gasteiger partial charge in [-0.2, -0.15) is 0 Å². The minimum absolute atomic E-state index is 0.662. The fourth-order valence-electron chi connectivity index (χ4n) is 13.6. The fourth-order valence-corrected chi connectivity index (χ4v) is 13.6. The van der Waals surface area contributed by atoms with E-state index in [2.05, 4.69) is 34.6 Å². The van der Waals surface area contributed by atoms with Crippen molar-refractivity contribution in [2.24, 2.45) is 5.41 Å². The molecule has 0 aromatic heterocycles. The van der Waals surface area contributed by atoms with Crippen LogP contribution in [0.15, 0.2) is 0 Å². The zero-order chi connectivity index (χ0) is 70.1. The van der Waals surface area contributed by atoms with Crippen LogP contribution in [0.3, 0.4) is 0 Å². The molecule has 4 aromatic rings. The van der Waals surface area contributed by atoms with Gasteiger partial charge in [0.05, 0.1) is 19.6 Å². The van der Waals surface area contributed by atoms with Gasteiger partial charge in [-0.1, -0.05) is 221 Å². The van der Waals surface area contributed by atoms with Gasteiger partial charge in [0.25, 0.3) is 0 Å². The van der Waals surface area contributed by atoms with E-state index >= 15 is 35.1 Å². The summed E-state index contributed by atoms with van der Waals surface area (Å²) in [7, 11) is 0. The number of nitrogens with one attached hydrogen (secondary N) is 1. The summed E-state index contributed by atoms with van der Waals surface area (Å²) < 4.78 is 294. The molecular weight excluding hydrogens is 1270 g/mol. The normalized spacial score (nSPS) is 12.1. The van der Waals surface area contributed by atoms with Crippen molar-refractivity contribution in [1.29, 1.82) is 0 Å². The predicted octanol–water partition coefficient (Wildman–Crippen LogP) is 22.0. The zero-order valence-corrected chi connectivity index (χ0v) is 55.8. The van der Waals surface area contributed by atoms with Crippen LogP contribution in [0.4, 0.5) is 87.8 Å². The van der Waals surface area contributed by atoms with E-state index in [1.807, 2.05) is 4.90 Å². The van der Waals surface area contributed by atoms with Crippen LogP contribution in [0, 0.1) is 122 Å². The van der Waals surface area contributed by atoms with Gasteiger partial charge in [-0.3, -0.25) is 0 Å². The van der Waals surface area contributed by atoms with Crippen molar-refractivity contribution in [3.8, 4) is 0 Å². The highest BCUT2D eigenvalue weighted by atomic mass is 19.2. The lowest BCUT2D eigenvalue weighted by Gasteiger charge is -2.44. The molecule has 0 aliphatic rings. The molecule has 0 fully saturated rings. The molecule has 94 heavy (non-hydrogen) atoms. The number of quaternary nitrogens is 1. The Morgan fingerprint density at radius 3 is 0.500 bits per heavy atom. The maximum Gasteiger partial charge on any atom is 0.200 e. The average Bonchev–Trinajstić information content (AvgIpc) is 0.683. The highest BCUT2D eigenvalue weighted by molar-refractivity contribution is 7.20. The summed E-state index contributed by atoms with van der Waals surface area (Å²) >= 11 is 0. The second-order valence-electron chi connectivity index (χ2n) is 25.9. The summed E-state index contributed by atoms with van der Waals surface area (Å²) in [4.78, 5) is 1.95. The molecule has 4 aromatic carbocycles. The van der Waals surface area contributed by atoms with Crippen LogP contribution in [-0.4, -0.2) is 25.8 Å². The monoisotopic (exact) mass is 1370 g/mol. The third kappa shape index (κ3) is 22.8. The first kappa shape index (κ1) is 83.7. The summed E-state index contributed by atoms with van der Waals surface area (Å²) in [5, 5.41) is 0. The maximum absolute atomic E-state index is 15.4. The Hall–Kier alpha value is -4.50. The summed E-state index contributed by atoms with van der Waals surface area (Å²) in [5.74, 6) is -71.4. The minimum Gasteiger partial charge on any atom is -0.335 e. The van der Waals surface area contributed by atoms with Gasteiger partial charge >= 0.3 is 0 Å². The van der Waals surface area contributed by atoms with Crippen LogP contribution in [0.5, 0.6) is 0 Å². The summed E-state index contributed by atoms with van der Waals surface area (Å²) in [6.07, 6.45) is 50.0. The van der Waals surface area contributed by atoms with Crippen molar-refractivity contribution in [2.45, 2.75) is 285 Å². The minimum atomic E-state index is -7.22. The Bertz CT molecular complexity index is 2440. The molecule has 0 spiro atoms. The Morgan fingerprint density at radius 1 is 0.191 bits per heavy atom. The molecule has 1 N–H and O–H groups in total. The molecule has 0 radical (unpaired) electrons. The van der Waals surface area contributed by atoms with Crippen LogP contribution in [0.2, 0.25) is 0 Å². The van der Waals surface area contributed by atoms with E-state index in [0.717, 1.165) is 0 Å². The van der Waals surface area contributed by atoms with Crippen molar-refractivity contribution in [2.75, 3.05) is 19.6 Å². The van der Waals surface area contributed by atoms with Crippen molar-refractivity contribution in [3.05, 3.63) is 116 Å². The summed E-state index contributed by atoms with van der Waals surface area (Å²) in [5.41, 5.74) is -13.7. The van der Waals surface area contributed by atoms with Crippen molar-refractivity contribution >= 4 is 28.0 Å². The van der Waals surface area contributed by atoms with E-state index in [0.29, 0.717) is 5.41 Å². The first-order chi connectivity index (χ1) is 44.9. The molecule has 1 nitrogen and oxygen atoms in total. The van der Waals surface area contributed by atoms with Gasteiger partial charge in [-0.25, -0.2) is 87.8 Å².